The summed E-state index contributed by atoms with van der Waals surface area (Å²) in [6.45, 7) is 0.806. The molecular weight excluding hydrogens is 222 g/mol. The van der Waals surface area contributed by atoms with Gasteiger partial charge in [-0.1, -0.05) is 0 Å². The Morgan fingerprint density at radius 3 is 2.56 bits per heavy atom. The van der Waals surface area contributed by atoms with E-state index in [2.05, 4.69) is 0 Å². The van der Waals surface area contributed by atoms with Crippen LogP contribution >= 0.6 is 11.8 Å². The van der Waals surface area contributed by atoms with Gasteiger partial charge in [-0.3, -0.25) is 9.59 Å². The molecule has 3 nitrogen and oxygen atoms in total. The summed E-state index contributed by atoms with van der Waals surface area (Å²) in [6.07, 6.45) is 1.85. The minimum atomic E-state index is 0.171. The molecule has 3 aliphatic heterocycles. The molecule has 4 rings (SSSR count). The lowest BCUT2D eigenvalue weighted by Gasteiger charge is -2.45. The maximum absolute atomic E-state index is 12.0. The van der Waals surface area contributed by atoms with Crippen molar-refractivity contribution in [2.24, 2.45) is 0 Å². The largest absolute Gasteiger partial charge is 0.310 e. The Morgan fingerprint density at radius 1 is 1.31 bits per heavy atom. The molecule has 0 radical (unpaired) electrons. The average Bonchev–Trinajstić information content (AvgIpc) is 2.28. The molecule has 0 N–H and O–H groups in total. The first-order chi connectivity index (χ1) is 7.78. The van der Waals surface area contributed by atoms with Crippen LogP contribution in [0.5, 0.6) is 0 Å². The number of nitrogens with zero attached hydrogens (tertiary/aromatic N) is 1. The summed E-state index contributed by atoms with van der Waals surface area (Å²) < 4.78 is 0. The topological polar surface area (TPSA) is 37.4 Å². The van der Waals surface area contributed by atoms with E-state index in [1.165, 1.54) is 0 Å². The number of piperidine rings is 1. The quantitative estimate of drug-likeness (QED) is 0.730. The zero-order chi connectivity index (χ0) is 11.1. The molecule has 82 valence electrons. The number of carbonyl (C=O) groups excluding carboxylic acids is 2. The van der Waals surface area contributed by atoms with Crippen LogP contribution in [0.4, 0.5) is 5.69 Å². The Morgan fingerprint density at radius 2 is 2.00 bits per heavy atom. The fourth-order valence-electron chi connectivity index (χ4n) is 2.17. The zero-order valence-electron chi connectivity index (χ0n) is 8.63. The number of hydrogen-bond acceptors (Lipinski definition) is 3. The van der Waals surface area contributed by atoms with Gasteiger partial charge in [-0.25, -0.2) is 0 Å². The van der Waals surface area contributed by atoms with E-state index in [1.807, 2.05) is 17.0 Å². The molecule has 2 unspecified atom stereocenters. The third-order valence-corrected chi connectivity index (χ3v) is 4.55. The van der Waals surface area contributed by atoms with Crippen LogP contribution < -0.4 is 4.90 Å². The van der Waals surface area contributed by atoms with E-state index in [-0.39, 0.29) is 11.2 Å². The Hall–Kier alpha value is -1.29. The summed E-state index contributed by atoms with van der Waals surface area (Å²) in [5.74, 6) is 0.214. The van der Waals surface area contributed by atoms with Gasteiger partial charge in [0.25, 0.3) is 0 Å². The smallest absolute Gasteiger partial charge is 0.240 e. The monoisotopic (exact) mass is 233 g/mol. The van der Waals surface area contributed by atoms with Crippen LogP contribution in [0.25, 0.3) is 0 Å². The van der Waals surface area contributed by atoms with Crippen LogP contribution in [0.1, 0.15) is 16.8 Å². The number of carbonyl (C=O) groups is 2. The first-order valence-electron chi connectivity index (χ1n) is 5.30. The molecular formula is C12H11NO2S. The van der Waals surface area contributed by atoms with E-state index in [9.17, 15) is 9.59 Å². The van der Waals surface area contributed by atoms with Gasteiger partial charge in [-0.15, -0.1) is 11.8 Å². The summed E-state index contributed by atoms with van der Waals surface area (Å²) in [7, 11) is 0. The van der Waals surface area contributed by atoms with Crippen molar-refractivity contribution in [2.75, 3.05) is 11.4 Å². The lowest BCUT2D eigenvalue weighted by atomic mass is 10.1. The van der Waals surface area contributed by atoms with E-state index in [4.69, 9.17) is 0 Å². The zero-order valence-corrected chi connectivity index (χ0v) is 9.44. The van der Waals surface area contributed by atoms with Crippen molar-refractivity contribution in [3.8, 4) is 0 Å². The van der Waals surface area contributed by atoms with Crippen molar-refractivity contribution in [1.29, 1.82) is 0 Å². The fourth-order valence-corrected chi connectivity index (χ4v) is 3.40. The molecule has 2 bridgehead atoms. The fraction of sp³-hybridized carbons (Fsp3) is 0.333. The number of rotatable bonds is 2. The number of aldehydes is 1. The van der Waals surface area contributed by atoms with E-state index < -0.39 is 0 Å². The predicted molar refractivity (Wildman–Crippen MR) is 64.0 cm³/mol. The molecule has 3 aliphatic rings. The van der Waals surface area contributed by atoms with Crippen molar-refractivity contribution < 1.29 is 9.59 Å². The minimum absolute atomic E-state index is 0.171. The van der Waals surface area contributed by atoms with Gasteiger partial charge in [0.05, 0.1) is 5.25 Å². The predicted octanol–water partition coefficient (Wildman–Crippen LogP) is 1.72. The van der Waals surface area contributed by atoms with Crippen LogP contribution in [0.3, 0.4) is 0 Å². The number of amides is 1. The van der Waals surface area contributed by atoms with Gasteiger partial charge in [0.2, 0.25) is 5.91 Å². The molecule has 1 amide bonds. The van der Waals surface area contributed by atoms with E-state index in [1.54, 1.807) is 23.9 Å². The SMILES string of the molecule is O=Cc1ccc(N2CC3CC(S3)C2=O)cc1. The molecule has 1 aromatic rings. The molecule has 4 heteroatoms. The van der Waals surface area contributed by atoms with Gasteiger partial charge in [0, 0.05) is 23.0 Å². The Kier molecular flexibility index (Phi) is 2.24. The maximum atomic E-state index is 12.0. The Balaban J connectivity index is 1.86. The molecule has 3 fully saturated rings. The molecule has 1 aromatic carbocycles. The Bertz CT molecular complexity index is 437. The number of thioether (sulfide) groups is 1. The summed E-state index contributed by atoms with van der Waals surface area (Å²) >= 11 is 1.78. The number of fused-ring (bicyclic) bond motifs is 2. The summed E-state index contributed by atoms with van der Waals surface area (Å²) in [6, 6.07) is 7.19. The second-order valence-corrected chi connectivity index (χ2v) is 5.65. The lowest BCUT2D eigenvalue weighted by molar-refractivity contribution is -0.119. The summed E-state index contributed by atoms with van der Waals surface area (Å²) in [5, 5.41) is 0.776. The first-order valence-corrected chi connectivity index (χ1v) is 6.24. The standard InChI is InChI=1S/C12H11NO2S/c14-7-8-1-3-9(4-2-8)13-6-10-5-11(16-10)12(13)15/h1-4,7,10-11H,5-6H2. The van der Waals surface area contributed by atoms with Gasteiger partial charge in [-0.2, -0.15) is 0 Å². The van der Waals surface area contributed by atoms with E-state index in [0.29, 0.717) is 10.8 Å². The van der Waals surface area contributed by atoms with Crippen LogP contribution in [0.2, 0.25) is 0 Å². The highest BCUT2D eigenvalue weighted by atomic mass is 32.2. The first kappa shape index (κ1) is 9.90. The maximum Gasteiger partial charge on any atom is 0.240 e. The van der Waals surface area contributed by atoms with Crippen LogP contribution in [0.15, 0.2) is 24.3 Å². The number of benzene rings is 1. The normalized spacial score (nSPS) is 27.5. The highest BCUT2D eigenvalue weighted by molar-refractivity contribution is 8.02. The number of hydrogen-bond donors (Lipinski definition) is 0. The van der Waals surface area contributed by atoms with Gasteiger partial charge >= 0.3 is 0 Å². The molecule has 2 atom stereocenters. The highest BCUT2D eigenvalue weighted by Crippen LogP contribution is 2.43. The van der Waals surface area contributed by atoms with Crippen LogP contribution in [-0.4, -0.2) is 29.2 Å². The van der Waals surface area contributed by atoms with Crippen molar-refractivity contribution in [2.45, 2.75) is 16.9 Å². The van der Waals surface area contributed by atoms with E-state index in [0.717, 1.165) is 24.9 Å². The van der Waals surface area contributed by atoms with Gasteiger partial charge in [-0.05, 0) is 30.7 Å². The molecule has 0 aromatic heterocycles. The molecule has 0 saturated carbocycles. The molecule has 3 saturated heterocycles. The highest BCUT2D eigenvalue weighted by Gasteiger charge is 2.44. The van der Waals surface area contributed by atoms with Crippen molar-refractivity contribution in [3.63, 3.8) is 0 Å². The molecule has 0 spiro atoms. The van der Waals surface area contributed by atoms with Crippen LogP contribution in [-0.2, 0) is 4.79 Å². The second kappa shape index (κ2) is 3.63. The molecule has 0 aliphatic carbocycles. The van der Waals surface area contributed by atoms with Gasteiger partial charge in [0.15, 0.2) is 0 Å². The Labute approximate surface area is 97.8 Å². The van der Waals surface area contributed by atoms with Crippen molar-refractivity contribution in [1.82, 2.24) is 0 Å². The third-order valence-electron chi connectivity index (χ3n) is 3.10. The molecule has 16 heavy (non-hydrogen) atoms. The van der Waals surface area contributed by atoms with Crippen molar-refractivity contribution in [3.05, 3.63) is 29.8 Å². The van der Waals surface area contributed by atoms with Crippen LogP contribution in [0, 0.1) is 0 Å². The number of anilines is 1. The third kappa shape index (κ3) is 1.45. The lowest BCUT2D eigenvalue weighted by Crippen LogP contribution is -2.55. The molecule has 3 heterocycles. The van der Waals surface area contributed by atoms with Crippen molar-refractivity contribution >= 4 is 29.6 Å². The summed E-state index contributed by atoms with van der Waals surface area (Å²) in [5.41, 5.74) is 1.55. The van der Waals surface area contributed by atoms with E-state index >= 15 is 0 Å². The van der Waals surface area contributed by atoms with Gasteiger partial charge < -0.3 is 4.90 Å². The second-order valence-electron chi connectivity index (χ2n) is 4.14. The van der Waals surface area contributed by atoms with Gasteiger partial charge in [0.1, 0.15) is 6.29 Å². The minimum Gasteiger partial charge on any atom is -0.310 e. The summed E-state index contributed by atoms with van der Waals surface area (Å²) in [4.78, 5) is 24.3. The average molecular weight is 233 g/mol.